The lowest BCUT2D eigenvalue weighted by molar-refractivity contribution is 0.0952. The Kier molecular flexibility index (Phi) is 6.87. The van der Waals surface area contributed by atoms with E-state index in [9.17, 15) is 4.79 Å². The van der Waals surface area contributed by atoms with Gasteiger partial charge in [0, 0.05) is 12.1 Å². The van der Waals surface area contributed by atoms with Crippen molar-refractivity contribution in [2.45, 2.75) is 19.8 Å². The van der Waals surface area contributed by atoms with Crippen molar-refractivity contribution in [3.63, 3.8) is 0 Å². The van der Waals surface area contributed by atoms with E-state index >= 15 is 0 Å². The maximum Gasteiger partial charge on any atom is 0.251 e. The van der Waals surface area contributed by atoms with Gasteiger partial charge in [0.25, 0.3) is 5.91 Å². The number of nitrogens with two attached hydrogens (primary N) is 1. The lowest BCUT2D eigenvalue weighted by Crippen LogP contribution is -2.25. The second-order valence-electron chi connectivity index (χ2n) is 4.95. The summed E-state index contributed by atoms with van der Waals surface area (Å²) < 4.78 is 5.39. The van der Waals surface area contributed by atoms with Crippen LogP contribution >= 0.6 is 0 Å². The summed E-state index contributed by atoms with van der Waals surface area (Å²) in [5.41, 5.74) is 6.91. The number of unbranched alkanes of at least 4 members (excludes halogenated alkanes) is 1. The van der Waals surface area contributed by atoms with Crippen LogP contribution in [0.5, 0.6) is 5.75 Å². The van der Waals surface area contributed by atoms with E-state index in [2.05, 4.69) is 10.2 Å². The molecule has 0 aromatic heterocycles. The Bertz CT molecular complexity index is 433. The van der Waals surface area contributed by atoms with Gasteiger partial charge in [0.15, 0.2) is 0 Å². The molecule has 1 amide bonds. The predicted molar refractivity (Wildman–Crippen MR) is 82.1 cm³/mol. The Labute approximate surface area is 121 Å². The summed E-state index contributed by atoms with van der Waals surface area (Å²) in [5, 5.41) is 2.91. The molecule has 1 aromatic rings. The van der Waals surface area contributed by atoms with Crippen molar-refractivity contribution in [2.24, 2.45) is 0 Å². The van der Waals surface area contributed by atoms with Crippen molar-refractivity contribution in [1.29, 1.82) is 0 Å². The smallest absolute Gasteiger partial charge is 0.251 e. The predicted octanol–water partition coefficient (Wildman–Crippen LogP) is 1.74. The first-order valence-electron chi connectivity index (χ1n) is 6.99. The highest BCUT2D eigenvalue weighted by atomic mass is 16.5. The molecule has 3 N–H and O–H groups in total. The summed E-state index contributed by atoms with van der Waals surface area (Å²) in [6.45, 7) is 4.13. The quantitative estimate of drug-likeness (QED) is 0.562. The molecule has 0 aliphatic carbocycles. The molecule has 0 aliphatic rings. The van der Waals surface area contributed by atoms with Crippen LogP contribution in [0.25, 0.3) is 0 Å². The van der Waals surface area contributed by atoms with E-state index in [1.807, 2.05) is 21.0 Å². The van der Waals surface area contributed by atoms with Crippen LogP contribution in [0.4, 0.5) is 5.69 Å². The van der Waals surface area contributed by atoms with Gasteiger partial charge in [-0.1, -0.05) is 0 Å². The number of ether oxygens (including phenoxy) is 1. The van der Waals surface area contributed by atoms with Crippen molar-refractivity contribution in [2.75, 3.05) is 39.5 Å². The number of anilines is 1. The molecule has 112 valence electrons. The van der Waals surface area contributed by atoms with Gasteiger partial charge in [0.2, 0.25) is 0 Å². The number of rotatable bonds is 8. The van der Waals surface area contributed by atoms with Crippen LogP contribution in [0.2, 0.25) is 0 Å². The first-order chi connectivity index (χ1) is 9.54. The van der Waals surface area contributed by atoms with E-state index < -0.39 is 0 Å². The van der Waals surface area contributed by atoms with Gasteiger partial charge in [-0.2, -0.15) is 0 Å². The minimum Gasteiger partial charge on any atom is -0.492 e. The van der Waals surface area contributed by atoms with Crippen LogP contribution in [0, 0.1) is 0 Å². The molecule has 1 aromatic carbocycles. The number of hydrogen-bond acceptors (Lipinski definition) is 4. The number of amides is 1. The Morgan fingerprint density at radius 3 is 2.75 bits per heavy atom. The minimum atomic E-state index is -0.0872. The second-order valence-corrected chi connectivity index (χ2v) is 4.95. The van der Waals surface area contributed by atoms with Crippen LogP contribution in [-0.2, 0) is 0 Å². The monoisotopic (exact) mass is 279 g/mol. The van der Waals surface area contributed by atoms with Crippen molar-refractivity contribution in [3.05, 3.63) is 23.8 Å². The van der Waals surface area contributed by atoms with Crippen LogP contribution in [0.1, 0.15) is 30.1 Å². The van der Waals surface area contributed by atoms with Gasteiger partial charge in [-0.05, 0) is 58.6 Å². The molecule has 0 atom stereocenters. The fourth-order valence-corrected chi connectivity index (χ4v) is 1.81. The SMILES string of the molecule is CCOc1cc(C(=O)NCCCCN(C)C)ccc1N. The Morgan fingerprint density at radius 2 is 2.10 bits per heavy atom. The van der Waals surface area contributed by atoms with Crippen LogP contribution in [0.15, 0.2) is 18.2 Å². The second kappa shape index (κ2) is 8.43. The number of carbonyl (C=O) groups excluding carboxylic acids is 1. The summed E-state index contributed by atoms with van der Waals surface area (Å²) in [7, 11) is 4.09. The fraction of sp³-hybridized carbons (Fsp3) is 0.533. The topological polar surface area (TPSA) is 67.6 Å². The number of benzene rings is 1. The molecular formula is C15H25N3O2. The maximum atomic E-state index is 12.0. The third-order valence-corrected chi connectivity index (χ3v) is 2.89. The number of nitrogen functional groups attached to an aromatic ring is 1. The zero-order chi connectivity index (χ0) is 15.0. The third kappa shape index (κ3) is 5.48. The molecule has 0 aliphatic heterocycles. The summed E-state index contributed by atoms with van der Waals surface area (Å²) >= 11 is 0. The van der Waals surface area contributed by atoms with E-state index in [0.29, 0.717) is 30.2 Å². The lowest BCUT2D eigenvalue weighted by atomic mass is 10.1. The van der Waals surface area contributed by atoms with E-state index in [0.717, 1.165) is 19.4 Å². The highest BCUT2D eigenvalue weighted by molar-refractivity contribution is 5.95. The number of nitrogens with one attached hydrogen (secondary N) is 1. The first kappa shape index (κ1) is 16.3. The van der Waals surface area contributed by atoms with Gasteiger partial charge in [-0.15, -0.1) is 0 Å². The number of carbonyl (C=O) groups is 1. The molecule has 0 fully saturated rings. The van der Waals surface area contributed by atoms with Crippen molar-refractivity contribution >= 4 is 11.6 Å². The van der Waals surface area contributed by atoms with E-state index in [4.69, 9.17) is 10.5 Å². The minimum absolute atomic E-state index is 0.0872. The summed E-state index contributed by atoms with van der Waals surface area (Å²) in [5.74, 6) is 0.476. The largest absolute Gasteiger partial charge is 0.492 e. The van der Waals surface area contributed by atoms with Crippen molar-refractivity contribution < 1.29 is 9.53 Å². The molecule has 20 heavy (non-hydrogen) atoms. The highest BCUT2D eigenvalue weighted by Gasteiger charge is 2.08. The van der Waals surface area contributed by atoms with Gasteiger partial charge in [0.05, 0.1) is 12.3 Å². The maximum absolute atomic E-state index is 12.0. The van der Waals surface area contributed by atoms with Crippen LogP contribution in [0.3, 0.4) is 0 Å². The van der Waals surface area contributed by atoms with E-state index in [1.54, 1.807) is 18.2 Å². The fourth-order valence-electron chi connectivity index (χ4n) is 1.81. The van der Waals surface area contributed by atoms with Crippen molar-refractivity contribution in [1.82, 2.24) is 10.2 Å². The molecule has 0 saturated heterocycles. The van der Waals surface area contributed by atoms with E-state index in [-0.39, 0.29) is 5.91 Å². The molecule has 5 nitrogen and oxygen atoms in total. The average molecular weight is 279 g/mol. The molecule has 5 heteroatoms. The van der Waals surface area contributed by atoms with E-state index in [1.165, 1.54) is 0 Å². The standard InChI is InChI=1S/C15H25N3O2/c1-4-20-14-11-12(7-8-13(14)16)15(19)17-9-5-6-10-18(2)3/h7-8,11H,4-6,9-10,16H2,1-3H3,(H,17,19). The van der Waals surface area contributed by atoms with Crippen molar-refractivity contribution in [3.8, 4) is 5.75 Å². The normalized spacial score (nSPS) is 10.6. The van der Waals surface area contributed by atoms with Gasteiger partial charge < -0.3 is 20.7 Å². The molecule has 0 spiro atoms. The summed E-state index contributed by atoms with van der Waals surface area (Å²) in [6, 6.07) is 5.10. The number of hydrogen-bond donors (Lipinski definition) is 2. The Hall–Kier alpha value is -1.75. The average Bonchev–Trinajstić information content (AvgIpc) is 2.40. The molecule has 0 bridgehead atoms. The zero-order valence-electron chi connectivity index (χ0n) is 12.6. The Balaban J connectivity index is 2.45. The number of nitrogens with zero attached hydrogens (tertiary/aromatic N) is 1. The molecule has 0 radical (unpaired) electrons. The first-order valence-corrected chi connectivity index (χ1v) is 6.99. The van der Waals surface area contributed by atoms with Gasteiger partial charge in [-0.3, -0.25) is 4.79 Å². The van der Waals surface area contributed by atoms with Crippen LogP contribution < -0.4 is 15.8 Å². The molecular weight excluding hydrogens is 254 g/mol. The molecule has 0 heterocycles. The highest BCUT2D eigenvalue weighted by Crippen LogP contribution is 2.22. The lowest BCUT2D eigenvalue weighted by Gasteiger charge is -2.11. The molecule has 0 unspecified atom stereocenters. The molecule has 1 rings (SSSR count). The van der Waals surface area contributed by atoms with Crippen LogP contribution in [-0.4, -0.2) is 44.6 Å². The summed E-state index contributed by atoms with van der Waals surface area (Å²) in [4.78, 5) is 14.1. The molecule has 0 saturated carbocycles. The van der Waals surface area contributed by atoms with Gasteiger partial charge in [0.1, 0.15) is 5.75 Å². The van der Waals surface area contributed by atoms with Gasteiger partial charge in [-0.25, -0.2) is 0 Å². The Morgan fingerprint density at radius 1 is 1.35 bits per heavy atom. The summed E-state index contributed by atoms with van der Waals surface area (Å²) in [6.07, 6.45) is 2.04. The zero-order valence-corrected chi connectivity index (χ0v) is 12.6. The third-order valence-electron chi connectivity index (χ3n) is 2.89. The van der Waals surface area contributed by atoms with Gasteiger partial charge >= 0.3 is 0 Å².